The lowest BCUT2D eigenvalue weighted by Gasteiger charge is -2.13. The molecule has 1 aliphatic rings. The van der Waals surface area contributed by atoms with Gasteiger partial charge in [-0.25, -0.2) is 0 Å². The standard InChI is InChI=1S/C15H15ClN2O2/c1-8-12(16)5-6-18-13(8)10(9-3-4-9)7-11(15(18)19)14(17)20-2/h5-7,9,17H,3-4H2,1-2H3. The average Bonchev–Trinajstić information content (AvgIpc) is 3.27. The summed E-state index contributed by atoms with van der Waals surface area (Å²) < 4.78 is 6.50. The zero-order valence-electron chi connectivity index (χ0n) is 11.4. The monoisotopic (exact) mass is 290 g/mol. The first kappa shape index (κ1) is 13.2. The molecule has 3 rings (SSSR count). The predicted octanol–water partition coefficient (Wildman–Crippen LogP) is 3.11. The van der Waals surface area contributed by atoms with E-state index in [2.05, 4.69) is 0 Å². The topological polar surface area (TPSA) is 54.6 Å². The first-order chi connectivity index (χ1) is 9.54. The van der Waals surface area contributed by atoms with Gasteiger partial charge >= 0.3 is 0 Å². The van der Waals surface area contributed by atoms with Gasteiger partial charge in [-0.15, -0.1) is 0 Å². The van der Waals surface area contributed by atoms with E-state index in [0.717, 1.165) is 29.5 Å². The Labute approximate surface area is 121 Å². The smallest absolute Gasteiger partial charge is 0.267 e. The molecule has 1 saturated carbocycles. The van der Waals surface area contributed by atoms with E-state index in [1.54, 1.807) is 22.7 Å². The normalized spacial score (nSPS) is 14.6. The molecule has 1 N–H and O–H groups in total. The summed E-state index contributed by atoms with van der Waals surface area (Å²) in [5.41, 5.74) is 2.92. The van der Waals surface area contributed by atoms with Gasteiger partial charge in [-0.3, -0.25) is 14.6 Å². The summed E-state index contributed by atoms with van der Waals surface area (Å²) in [5.74, 6) is 0.352. The highest BCUT2D eigenvalue weighted by Gasteiger charge is 2.28. The van der Waals surface area contributed by atoms with Gasteiger partial charge in [0.15, 0.2) is 0 Å². The summed E-state index contributed by atoms with van der Waals surface area (Å²) in [6.07, 6.45) is 3.89. The summed E-state index contributed by atoms with van der Waals surface area (Å²) in [7, 11) is 1.40. The first-order valence-corrected chi connectivity index (χ1v) is 6.89. The van der Waals surface area contributed by atoms with E-state index >= 15 is 0 Å². The average molecular weight is 291 g/mol. The molecule has 0 saturated heterocycles. The second-order valence-corrected chi connectivity index (χ2v) is 5.54. The van der Waals surface area contributed by atoms with E-state index in [0.29, 0.717) is 16.5 Å². The second kappa shape index (κ2) is 4.63. The number of nitrogens with zero attached hydrogens (tertiary/aromatic N) is 1. The van der Waals surface area contributed by atoms with Crippen LogP contribution in [0.25, 0.3) is 5.52 Å². The van der Waals surface area contributed by atoms with Crippen LogP contribution < -0.4 is 5.56 Å². The Bertz CT molecular complexity index is 776. The third-order valence-corrected chi connectivity index (χ3v) is 4.22. The Hall–Kier alpha value is -1.81. The van der Waals surface area contributed by atoms with Gasteiger partial charge in [-0.05, 0) is 48.9 Å². The molecule has 0 radical (unpaired) electrons. The molecule has 2 heterocycles. The fourth-order valence-corrected chi connectivity index (χ4v) is 2.70. The molecule has 0 aliphatic heterocycles. The Kier molecular flexibility index (Phi) is 3.05. The van der Waals surface area contributed by atoms with E-state index in [-0.39, 0.29) is 11.5 Å². The second-order valence-electron chi connectivity index (χ2n) is 5.13. The number of methoxy groups -OCH3 is 1. The molecule has 0 spiro atoms. The van der Waals surface area contributed by atoms with Gasteiger partial charge in [-0.2, -0.15) is 0 Å². The van der Waals surface area contributed by atoms with Crippen LogP contribution in [0.2, 0.25) is 5.02 Å². The van der Waals surface area contributed by atoms with Crippen LogP contribution in [0.15, 0.2) is 23.1 Å². The van der Waals surface area contributed by atoms with Crippen LogP contribution in [0.3, 0.4) is 0 Å². The van der Waals surface area contributed by atoms with Crippen molar-refractivity contribution in [2.75, 3.05) is 7.11 Å². The molecule has 2 aromatic rings. The molecule has 0 aromatic carbocycles. The van der Waals surface area contributed by atoms with Crippen molar-refractivity contribution in [1.82, 2.24) is 4.40 Å². The number of fused-ring (bicyclic) bond motifs is 1. The minimum absolute atomic E-state index is 0.0982. The molecule has 1 fully saturated rings. The molecule has 2 aromatic heterocycles. The maximum Gasteiger partial charge on any atom is 0.267 e. The van der Waals surface area contributed by atoms with Crippen molar-refractivity contribution in [1.29, 1.82) is 5.41 Å². The van der Waals surface area contributed by atoms with Crippen LogP contribution in [0.1, 0.15) is 35.4 Å². The van der Waals surface area contributed by atoms with E-state index in [1.165, 1.54) is 7.11 Å². The largest absolute Gasteiger partial charge is 0.481 e. The predicted molar refractivity (Wildman–Crippen MR) is 79.2 cm³/mol. The molecule has 0 atom stereocenters. The SMILES string of the molecule is COC(=N)c1cc(C2CC2)c2c(C)c(Cl)ccn2c1=O. The fraction of sp³-hybridized carbons (Fsp3) is 0.333. The van der Waals surface area contributed by atoms with Crippen LogP contribution in [0.5, 0.6) is 0 Å². The summed E-state index contributed by atoms with van der Waals surface area (Å²) in [6.45, 7) is 1.92. The number of halogens is 1. The number of rotatable bonds is 2. The van der Waals surface area contributed by atoms with E-state index < -0.39 is 0 Å². The van der Waals surface area contributed by atoms with Gasteiger partial charge in [-0.1, -0.05) is 11.6 Å². The molecule has 5 heteroatoms. The van der Waals surface area contributed by atoms with Gasteiger partial charge in [0.25, 0.3) is 5.56 Å². The van der Waals surface area contributed by atoms with Crippen molar-refractivity contribution in [2.45, 2.75) is 25.7 Å². The highest BCUT2D eigenvalue weighted by atomic mass is 35.5. The molecule has 0 unspecified atom stereocenters. The van der Waals surface area contributed by atoms with Crippen molar-refractivity contribution in [2.24, 2.45) is 0 Å². The van der Waals surface area contributed by atoms with Crippen molar-refractivity contribution in [3.63, 3.8) is 0 Å². The summed E-state index contributed by atoms with van der Waals surface area (Å²) in [4.78, 5) is 12.5. The maximum absolute atomic E-state index is 12.5. The highest BCUT2D eigenvalue weighted by Crippen LogP contribution is 2.43. The number of nitrogens with one attached hydrogen (secondary N) is 1. The molecule has 0 bridgehead atoms. The van der Waals surface area contributed by atoms with E-state index in [9.17, 15) is 4.79 Å². The quantitative estimate of drug-likeness (QED) is 0.682. The minimum Gasteiger partial charge on any atom is -0.481 e. The molecule has 20 heavy (non-hydrogen) atoms. The van der Waals surface area contributed by atoms with E-state index in [4.69, 9.17) is 21.7 Å². The first-order valence-electron chi connectivity index (χ1n) is 6.52. The van der Waals surface area contributed by atoms with Gasteiger partial charge in [0.2, 0.25) is 5.90 Å². The molecule has 104 valence electrons. The van der Waals surface area contributed by atoms with Crippen molar-refractivity contribution in [3.8, 4) is 0 Å². The zero-order chi connectivity index (χ0) is 14.4. The van der Waals surface area contributed by atoms with Crippen molar-refractivity contribution in [3.05, 3.63) is 50.4 Å². The highest BCUT2D eigenvalue weighted by molar-refractivity contribution is 6.31. The maximum atomic E-state index is 12.5. The molecular formula is C15H15ClN2O2. The Morgan fingerprint density at radius 2 is 2.20 bits per heavy atom. The van der Waals surface area contributed by atoms with Crippen molar-refractivity contribution >= 4 is 23.0 Å². The Morgan fingerprint density at radius 1 is 1.50 bits per heavy atom. The number of hydrogen-bond donors (Lipinski definition) is 1. The lowest BCUT2D eigenvalue weighted by molar-refractivity contribution is 0.400. The van der Waals surface area contributed by atoms with Crippen LogP contribution in [-0.4, -0.2) is 17.4 Å². The molecule has 4 nitrogen and oxygen atoms in total. The zero-order valence-corrected chi connectivity index (χ0v) is 12.1. The van der Waals surface area contributed by atoms with Gasteiger partial charge in [0.1, 0.15) is 5.56 Å². The number of pyridine rings is 2. The molecule has 1 aliphatic carbocycles. The van der Waals surface area contributed by atoms with Crippen LogP contribution >= 0.6 is 11.6 Å². The summed E-state index contributed by atoms with van der Waals surface area (Å²) in [6, 6.07) is 3.51. The lowest BCUT2D eigenvalue weighted by atomic mass is 10.0. The van der Waals surface area contributed by atoms with Crippen molar-refractivity contribution < 1.29 is 4.74 Å². The number of aryl methyl sites for hydroxylation is 1. The number of aromatic nitrogens is 1. The summed E-state index contributed by atoms with van der Waals surface area (Å²) in [5, 5.41) is 8.44. The Morgan fingerprint density at radius 3 is 2.80 bits per heavy atom. The molecular weight excluding hydrogens is 276 g/mol. The van der Waals surface area contributed by atoms with Crippen LogP contribution in [0, 0.1) is 12.3 Å². The van der Waals surface area contributed by atoms with Crippen LogP contribution in [-0.2, 0) is 4.74 Å². The Balaban J connectivity index is 2.43. The number of hydrogen-bond acceptors (Lipinski definition) is 3. The third-order valence-electron chi connectivity index (χ3n) is 3.81. The van der Waals surface area contributed by atoms with Gasteiger partial charge in [0, 0.05) is 11.2 Å². The van der Waals surface area contributed by atoms with Gasteiger partial charge < -0.3 is 4.74 Å². The minimum atomic E-state index is -0.240. The summed E-state index contributed by atoms with van der Waals surface area (Å²) >= 11 is 6.18. The molecule has 0 amide bonds. The third kappa shape index (κ3) is 1.91. The van der Waals surface area contributed by atoms with Gasteiger partial charge in [0.05, 0.1) is 12.6 Å². The number of ether oxygens (including phenoxy) is 1. The van der Waals surface area contributed by atoms with E-state index in [1.807, 2.05) is 6.92 Å². The fourth-order valence-electron chi connectivity index (χ4n) is 2.55. The lowest BCUT2D eigenvalue weighted by Crippen LogP contribution is -2.24. The van der Waals surface area contributed by atoms with Crippen LogP contribution in [0.4, 0.5) is 0 Å².